The number of imide groups is 1. The molecule has 32 heavy (non-hydrogen) atoms. The number of hydrogen-bond donors (Lipinski definition) is 1. The molecule has 2 amide bonds. The molecule has 0 aromatic heterocycles. The summed E-state index contributed by atoms with van der Waals surface area (Å²) < 4.78 is 0. The van der Waals surface area contributed by atoms with Crippen LogP contribution in [0.3, 0.4) is 0 Å². The summed E-state index contributed by atoms with van der Waals surface area (Å²) in [6.07, 6.45) is 1.83. The Morgan fingerprint density at radius 1 is 0.906 bits per heavy atom. The Labute approximate surface area is 190 Å². The molecule has 0 spiro atoms. The molecule has 0 aliphatic carbocycles. The lowest BCUT2D eigenvalue weighted by atomic mass is 9.85. The third-order valence-electron chi connectivity index (χ3n) is 7.45. The number of quaternary nitrogens is 1. The average Bonchev–Trinajstić information content (AvgIpc) is 3.45. The maximum absolute atomic E-state index is 13.7. The van der Waals surface area contributed by atoms with E-state index in [1.807, 2.05) is 42.5 Å². The van der Waals surface area contributed by atoms with E-state index in [0.717, 1.165) is 35.1 Å². The predicted octanol–water partition coefficient (Wildman–Crippen LogP) is 2.91. The molecule has 0 saturated carbocycles. The van der Waals surface area contributed by atoms with Crippen LogP contribution in [0.1, 0.15) is 23.2 Å². The van der Waals surface area contributed by atoms with Crippen molar-refractivity contribution in [3.8, 4) is 0 Å². The molecule has 6 heteroatoms. The highest BCUT2D eigenvalue weighted by Gasteiger charge is 2.68. The van der Waals surface area contributed by atoms with Gasteiger partial charge in [0.1, 0.15) is 17.9 Å². The van der Waals surface area contributed by atoms with Crippen LogP contribution in [0.25, 0.3) is 10.8 Å². The predicted molar refractivity (Wildman–Crippen MR) is 122 cm³/mol. The molecule has 1 unspecified atom stereocenters. The number of nitrogens with zero attached hydrogens (tertiary/aromatic N) is 1. The van der Waals surface area contributed by atoms with Crippen LogP contribution < -0.4 is 9.80 Å². The van der Waals surface area contributed by atoms with E-state index in [-0.39, 0.29) is 23.6 Å². The number of carbonyl (C=O) groups is 3. The number of amides is 2. The zero-order chi connectivity index (χ0) is 22.0. The first-order valence-corrected chi connectivity index (χ1v) is 11.4. The second-order valence-corrected chi connectivity index (χ2v) is 9.45. The van der Waals surface area contributed by atoms with Crippen molar-refractivity contribution in [2.75, 3.05) is 11.4 Å². The summed E-state index contributed by atoms with van der Waals surface area (Å²) in [7, 11) is 0. The average molecular weight is 446 g/mol. The summed E-state index contributed by atoms with van der Waals surface area (Å²) in [6, 6.07) is 19.8. The van der Waals surface area contributed by atoms with Gasteiger partial charge >= 0.3 is 0 Å². The van der Waals surface area contributed by atoms with E-state index in [1.54, 1.807) is 24.3 Å². The Bertz CT molecular complexity index is 1270. The number of benzene rings is 3. The van der Waals surface area contributed by atoms with Gasteiger partial charge in [0.15, 0.2) is 6.04 Å². The van der Waals surface area contributed by atoms with Crippen LogP contribution in [0.4, 0.5) is 5.69 Å². The fourth-order valence-corrected chi connectivity index (χ4v) is 6.23. The van der Waals surface area contributed by atoms with Crippen LogP contribution in [-0.4, -0.2) is 36.2 Å². The van der Waals surface area contributed by atoms with E-state index in [0.29, 0.717) is 16.3 Å². The molecule has 3 aromatic carbocycles. The van der Waals surface area contributed by atoms with Gasteiger partial charge in [-0.05, 0) is 47.2 Å². The molecule has 3 aromatic rings. The van der Waals surface area contributed by atoms with Crippen LogP contribution in [0, 0.1) is 11.8 Å². The molecule has 1 N–H and O–H groups in total. The number of anilines is 1. The lowest BCUT2D eigenvalue weighted by Crippen LogP contribution is -3.16. The van der Waals surface area contributed by atoms with E-state index in [4.69, 9.17) is 11.6 Å². The number of halogens is 1. The standard InChI is InChI=1S/C26H21ClN2O3/c27-18-10-7-16(8-11-18)24(30)23-22-21(20-6-3-13-28(20)23)25(31)29(26(22)32)19-12-9-15-4-1-2-5-17(15)14-19/h1-2,4-5,7-12,14,20-23H,3,6,13H2/p+1/t20-,21+,22+,23+/m0/s1. The molecule has 3 heterocycles. The van der Waals surface area contributed by atoms with Gasteiger partial charge in [0, 0.05) is 23.4 Å². The van der Waals surface area contributed by atoms with Gasteiger partial charge in [-0.2, -0.15) is 0 Å². The number of carbonyl (C=O) groups excluding carboxylic acids is 3. The number of ketones is 1. The van der Waals surface area contributed by atoms with Crippen molar-refractivity contribution in [3.63, 3.8) is 0 Å². The van der Waals surface area contributed by atoms with Crippen LogP contribution in [0.5, 0.6) is 0 Å². The minimum absolute atomic E-state index is 0.0168. The van der Waals surface area contributed by atoms with Gasteiger partial charge in [0.05, 0.1) is 12.2 Å². The second kappa shape index (κ2) is 7.26. The van der Waals surface area contributed by atoms with Gasteiger partial charge in [-0.15, -0.1) is 0 Å². The SMILES string of the molecule is O=C(c1ccc(Cl)cc1)[C@H]1[C@@H]2C(=O)N(c3ccc4ccccc4c3)C(=O)[C@@H]2[C@@H]2CCC[NH+]21. The Morgan fingerprint density at radius 3 is 2.41 bits per heavy atom. The molecular weight excluding hydrogens is 424 g/mol. The fraction of sp³-hybridized carbons (Fsp3) is 0.269. The highest BCUT2D eigenvalue weighted by molar-refractivity contribution is 6.30. The Morgan fingerprint density at radius 2 is 1.62 bits per heavy atom. The largest absolute Gasteiger partial charge is 0.322 e. The number of hydrogen-bond acceptors (Lipinski definition) is 3. The lowest BCUT2D eigenvalue weighted by molar-refractivity contribution is -0.915. The highest BCUT2D eigenvalue weighted by Crippen LogP contribution is 2.41. The molecule has 3 aliphatic rings. The van der Waals surface area contributed by atoms with Crippen LogP contribution in [-0.2, 0) is 9.59 Å². The second-order valence-electron chi connectivity index (χ2n) is 9.02. The summed E-state index contributed by atoms with van der Waals surface area (Å²) in [5.74, 6) is -1.53. The maximum Gasteiger partial charge on any atom is 0.244 e. The summed E-state index contributed by atoms with van der Waals surface area (Å²) in [4.78, 5) is 43.3. The fourth-order valence-electron chi connectivity index (χ4n) is 6.11. The summed E-state index contributed by atoms with van der Waals surface area (Å²) in [5, 5.41) is 2.59. The first kappa shape index (κ1) is 19.6. The molecule has 3 saturated heterocycles. The van der Waals surface area contributed by atoms with Crippen LogP contribution in [0.2, 0.25) is 5.02 Å². The van der Waals surface area contributed by atoms with Gasteiger partial charge in [-0.3, -0.25) is 14.4 Å². The molecule has 160 valence electrons. The maximum atomic E-state index is 13.7. The molecule has 0 bridgehead atoms. The van der Waals surface area contributed by atoms with Gasteiger partial charge in [0.25, 0.3) is 0 Å². The van der Waals surface area contributed by atoms with Crippen molar-refractivity contribution in [1.82, 2.24) is 0 Å². The van der Waals surface area contributed by atoms with Crippen molar-refractivity contribution in [3.05, 3.63) is 77.3 Å². The lowest BCUT2D eigenvalue weighted by Gasteiger charge is -2.25. The number of rotatable bonds is 3. The molecule has 3 aliphatic heterocycles. The van der Waals surface area contributed by atoms with Gasteiger partial charge in [-0.1, -0.05) is 41.9 Å². The first-order chi connectivity index (χ1) is 15.5. The number of Topliss-reactive ketones (excluding diaryl/α,β-unsaturated/α-hetero) is 1. The first-order valence-electron chi connectivity index (χ1n) is 11.1. The quantitative estimate of drug-likeness (QED) is 0.498. The zero-order valence-corrected chi connectivity index (χ0v) is 18.1. The van der Waals surface area contributed by atoms with E-state index < -0.39 is 17.9 Å². The molecular formula is C26H22ClN2O3+. The summed E-state index contributed by atoms with van der Waals surface area (Å²) in [6.45, 7) is 0.818. The Hall–Kier alpha value is -3.02. The van der Waals surface area contributed by atoms with E-state index in [9.17, 15) is 14.4 Å². The van der Waals surface area contributed by atoms with Crippen LogP contribution in [0.15, 0.2) is 66.7 Å². The summed E-state index contributed by atoms with van der Waals surface area (Å²) in [5.41, 5.74) is 1.13. The molecule has 5 nitrogen and oxygen atoms in total. The van der Waals surface area contributed by atoms with E-state index in [1.165, 1.54) is 4.90 Å². The Balaban J connectivity index is 1.41. The molecule has 5 atom stereocenters. The third-order valence-corrected chi connectivity index (χ3v) is 7.70. The minimum atomic E-state index is -0.613. The van der Waals surface area contributed by atoms with Gasteiger partial charge in [0.2, 0.25) is 17.6 Å². The minimum Gasteiger partial charge on any atom is -0.322 e. The molecule has 6 rings (SSSR count). The third kappa shape index (κ3) is 2.78. The van der Waals surface area contributed by atoms with Crippen molar-refractivity contribution < 1.29 is 19.3 Å². The van der Waals surface area contributed by atoms with Crippen molar-refractivity contribution in [1.29, 1.82) is 0 Å². The zero-order valence-electron chi connectivity index (χ0n) is 17.3. The van der Waals surface area contributed by atoms with Gasteiger partial charge in [-0.25, -0.2) is 4.90 Å². The molecule has 3 fully saturated rings. The van der Waals surface area contributed by atoms with Gasteiger partial charge < -0.3 is 4.90 Å². The molecule has 0 radical (unpaired) electrons. The number of nitrogens with one attached hydrogen (secondary N) is 1. The van der Waals surface area contributed by atoms with Crippen molar-refractivity contribution in [2.24, 2.45) is 11.8 Å². The highest BCUT2D eigenvalue weighted by atomic mass is 35.5. The normalized spacial score (nSPS) is 28.9. The van der Waals surface area contributed by atoms with Crippen molar-refractivity contribution >= 4 is 45.7 Å². The number of fused-ring (bicyclic) bond motifs is 4. The smallest absolute Gasteiger partial charge is 0.244 e. The van der Waals surface area contributed by atoms with E-state index >= 15 is 0 Å². The Kier molecular flexibility index (Phi) is 4.46. The van der Waals surface area contributed by atoms with Crippen LogP contribution >= 0.6 is 11.6 Å². The topological polar surface area (TPSA) is 58.9 Å². The summed E-state index contributed by atoms with van der Waals surface area (Å²) >= 11 is 6.00. The monoisotopic (exact) mass is 445 g/mol. The van der Waals surface area contributed by atoms with Crippen molar-refractivity contribution in [2.45, 2.75) is 24.9 Å². The van der Waals surface area contributed by atoms with E-state index in [2.05, 4.69) is 0 Å².